The van der Waals surface area contributed by atoms with E-state index in [0.29, 0.717) is 24.6 Å². The standard InChI is InChI=1S/C21H24F2N4O.HI/c1-14-16(17-8-4-5-9-18(17)27-14)11-12-25-21(24-2)26-13-15-7-3-6-10-19(15)28-20(22)23;/h3-10,20,27H,11-13H2,1-2H3,(H2,24,25,26);1H. The topological polar surface area (TPSA) is 61.4 Å². The Morgan fingerprint density at radius 2 is 1.83 bits per heavy atom. The number of alkyl halides is 2. The molecule has 0 atom stereocenters. The number of fused-ring (bicyclic) bond motifs is 1. The van der Waals surface area contributed by atoms with Gasteiger partial charge in [0.2, 0.25) is 0 Å². The number of rotatable bonds is 7. The molecule has 3 rings (SSSR count). The highest BCUT2D eigenvalue weighted by molar-refractivity contribution is 14.0. The molecule has 0 unspecified atom stereocenters. The molecular formula is C21H25F2IN4O. The first-order chi connectivity index (χ1) is 13.6. The van der Waals surface area contributed by atoms with Crippen molar-refractivity contribution in [2.24, 2.45) is 4.99 Å². The predicted octanol–water partition coefficient (Wildman–Crippen LogP) is 4.60. The summed E-state index contributed by atoms with van der Waals surface area (Å²) in [6, 6.07) is 14.9. The van der Waals surface area contributed by atoms with Crippen LogP contribution in [0.4, 0.5) is 8.78 Å². The highest BCUT2D eigenvalue weighted by atomic mass is 127. The summed E-state index contributed by atoms with van der Waals surface area (Å²) in [6.07, 6.45) is 0.835. The van der Waals surface area contributed by atoms with E-state index in [-0.39, 0.29) is 29.7 Å². The number of H-pyrrole nitrogens is 1. The highest BCUT2D eigenvalue weighted by Crippen LogP contribution is 2.22. The van der Waals surface area contributed by atoms with Gasteiger partial charge in [-0.3, -0.25) is 4.99 Å². The molecule has 29 heavy (non-hydrogen) atoms. The molecule has 0 aliphatic rings. The Morgan fingerprint density at radius 1 is 1.10 bits per heavy atom. The molecule has 1 aromatic heterocycles. The molecule has 5 nitrogen and oxygen atoms in total. The smallest absolute Gasteiger partial charge is 0.387 e. The van der Waals surface area contributed by atoms with Crippen LogP contribution in [0.25, 0.3) is 10.9 Å². The van der Waals surface area contributed by atoms with Crippen LogP contribution in [0.3, 0.4) is 0 Å². The van der Waals surface area contributed by atoms with Crippen molar-refractivity contribution in [3.8, 4) is 5.75 Å². The lowest BCUT2D eigenvalue weighted by Gasteiger charge is -2.14. The quantitative estimate of drug-likeness (QED) is 0.245. The molecule has 0 bridgehead atoms. The number of aromatic amines is 1. The third kappa shape index (κ3) is 6.06. The van der Waals surface area contributed by atoms with Crippen molar-refractivity contribution in [1.82, 2.24) is 15.6 Å². The molecule has 3 N–H and O–H groups in total. The normalized spacial score (nSPS) is 11.4. The maximum absolute atomic E-state index is 12.5. The minimum Gasteiger partial charge on any atom is -0.434 e. The number of halogens is 3. The first-order valence-corrected chi connectivity index (χ1v) is 9.12. The van der Waals surface area contributed by atoms with Gasteiger partial charge in [0.25, 0.3) is 0 Å². The number of aryl methyl sites for hydroxylation is 1. The van der Waals surface area contributed by atoms with Gasteiger partial charge < -0.3 is 20.4 Å². The molecule has 0 spiro atoms. The van der Waals surface area contributed by atoms with Crippen molar-refractivity contribution in [3.05, 3.63) is 65.4 Å². The van der Waals surface area contributed by atoms with E-state index in [1.165, 1.54) is 17.0 Å². The Morgan fingerprint density at radius 3 is 2.59 bits per heavy atom. The molecule has 0 fully saturated rings. The lowest BCUT2D eigenvalue weighted by molar-refractivity contribution is -0.0504. The Hall–Kier alpha value is -2.36. The van der Waals surface area contributed by atoms with Crippen LogP contribution < -0.4 is 15.4 Å². The zero-order chi connectivity index (χ0) is 19.9. The van der Waals surface area contributed by atoms with Gasteiger partial charge >= 0.3 is 6.61 Å². The largest absolute Gasteiger partial charge is 0.434 e. The van der Waals surface area contributed by atoms with Crippen LogP contribution in [-0.2, 0) is 13.0 Å². The van der Waals surface area contributed by atoms with E-state index in [1.54, 1.807) is 25.2 Å². The Labute approximate surface area is 186 Å². The first-order valence-electron chi connectivity index (χ1n) is 9.12. The van der Waals surface area contributed by atoms with Crippen LogP contribution >= 0.6 is 24.0 Å². The van der Waals surface area contributed by atoms with Gasteiger partial charge in [-0.2, -0.15) is 8.78 Å². The molecule has 0 amide bonds. The van der Waals surface area contributed by atoms with Crippen molar-refractivity contribution in [2.45, 2.75) is 26.5 Å². The molecular weight excluding hydrogens is 489 g/mol. The van der Waals surface area contributed by atoms with E-state index in [0.717, 1.165) is 17.6 Å². The van der Waals surface area contributed by atoms with Gasteiger partial charge in [-0.15, -0.1) is 24.0 Å². The van der Waals surface area contributed by atoms with Crippen molar-refractivity contribution in [1.29, 1.82) is 0 Å². The highest BCUT2D eigenvalue weighted by Gasteiger charge is 2.10. The van der Waals surface area contributed by atoms with Gasteiger partial charge in [0.05, 0.1) is 0 Å². The van der Waals surface area contributed by atoms with Gasteiger partial charge in [0, 0.05) is 42.3 Å². The molecule has 1 heterocycles. The lowest BCUT2D eigenvalue weighted by Crippen LogP contribution is -2.38. The van der Waals surface area contributed by atoms with Crippen LogP contribution in [0.1, 0.15) is 16.8 Å². The van der Waals surface area contributed by atoms with E-state index in [9.17, 15) is 8.78 Å². The summed E-state index contributed by atoms with van der Waals surface area (Å²) in [5.41, 5.74) is 4.20. The molecule has 156 valence electrons. The molecule has 3 aromatic rings. The van der Waals surface area contributed by atoms with Crippen molar-refractivity contribution >= 4 is 40.8 Å². The summed E-state index contributed by atoms with van der Waals surface area (Å²) in [7, 11) is 1.67. The number of hydrogen-bond donors (Lipinski definition) is 3. The van der Waals surface area contributed by atoms with Gasteiger partial charge in [-0.25, -0.2) is 0 Å². The average molecular weight is 514 g/mol. The monoisotopic (exact) mass is 514 g/mol. The number of nitrogens with zero attached hydrogens (tertiary/aromatic N) is 1. The number of aliphatic imine (C=N–C) groups is 1. The minimum absolute atomic E-state index is 0. The second-order valence-corrected chi connectivity index (χ2v) is 6.36. The second-order valence-electron chi connectivity index (χ2n) is 6.36. The summed E-state index contributed by atoms with van der Waals surface area (Å²) >= 11 is 0. The summed E-state index contributed by atoms with van der Waals surface area (Å²) in [4.78, 5) is 7.59. The van der Waals surface area contributed by atoms with E-state index in [4.69, 9.17) is 0 Å². The Bertz CT molecular complexity index is 959. The summed E-state index contributed by atoms with van der Waals surface area (Å²) in [5.74, 6) is 0.763. The SMILES string of the molecule is CN=C(NCCc1c(C)[nH]c2ccccc12)NCc1ccccc1OC(F)F.I. The number of nitrogens with one attached hydrogen (secondary N) is 3. The first kappa shape index (κ1) is 22.9. The zero-order valence-electron chi connectivity index (χ0n) is 16.3. The number of guanidine groups is 1. The van der Waals surface area contributed by atoms with Crippen molar-refractivity contribution in [3.63, 3.8) is 0 Å². The van der Waals surface area contributed by atoms with E-state index < -0.39 is 6.61 Å². The van der Waals surface area contributed by atoms with Crippen molar-refractivity contribution in [2.75, 3.05) is 13.6 Å². The predicted molar refractivity (Wildman–Crippen MR) is 123 cm³/mol. The van der Waals surface area contributed by atoms with Gasteiger partial charge in [0.15, 0.2) is 5.96 Å². The number of benzene rings is 2. The zero-order valence-corrected chi connectivity index (χ0v) is 18.7. The molecule has 0 saturated carbocycles. The van der Waals surface area contributed by atoms with E-state index in [2.05, 4.69) is 44.4 Å². The van der Waals surface area contributed by atoms with Crippen LogP contribution in [0.5, 0.6) is 5.75 Å². The molecule has 0 saturated heterocycles. The average Bonchev–Trinajstić information content (AvgIpc) is 3.00. The molecule has 0 aliphatic carbocycles. The summed E-state index contributed by atoms with van der Waals surface area (Å²) < 4.78 is 29.6. The maximum atomic E-state index is 12.5. The van der Waals surface area contributed by atoms with Gasteiger partial charge in [0.1, 0.15) is 5.75 Å². The summed E-state index contributed by atoms with van der Waals surface area (Å²) in [5, 5.41) is 7.63. The number of ether oxygens (including phenoxy) is 1. The van der Waals surface area contributed by atoms with Crippen LogP contribution in [0.2, 0.25) is 0 Å². The van der Waals surface area contributed by atoms with Gasteiger partial charge in [-0.05, 0) is 31.0 Å². The van der Waals surface area contributed by atoms with Gasteiger partial charge in [-0.1, -0.05) is 36.4 Å². The molecule has 0 aliphatic heterocycles. The minimum atomic E-state index is -2.85. The fraction of sp³-hybridized carbons (Fsp3) is 0.286. The fourth-order valence-corrected chi connectivity index (χ4v) is 3.22. The van der Waals surface area contributed by atoms with Crippen LogP contribution in [-0.4, -0.2) is 31.1 Å². The maximum Gasteiger partial charge on any atom is 0.387 e. The number of para-hydroxylation sites is 2. The fourth-order valence-electron chi connectivity index (χ4n) is 3.22. The summed E-state index contributed by atoms with van der Waals surface area (Å²) in [6.45, 7) is 0.243. The number of hydrogen-bond acceptors (Lipinski definition) is 2. The molecule has 0 radical (unpaired) electrons. The van der Waals surface area contributed by atoms with E-state index >= 15 is 0 Å². The molecule has 8 heteroatoms. The molecule has 2 aromatic carbocycles. The third-order valence-corrected chi connectivity index (χ3v) is 4.55. The van der Waals surface area contributed by atoms with Crippen LogP contribution in [0.15, 0.2) is 53.5 Å². The number of aromatic nitrogens is 1. The third-order valence-electron chi connectivity index (χ3n) is 4.55. The van der Waals surface area contributed by atoms with E-state index in [1.807, 2.05) is 12.1 Å². The Kier molecular flexibility index (Phi) is 8.69. The van der Waals surface area contributed by atoms with Crippen LogP contribution in [0, 0.1) is 6.92 Å². The second kappa shape index (κ2) is 11.0. The van der Waals surface area contributed by atoms with Crippen molar-refractivity contribution < 1.29 is 13.5 Å². The Balaban J connectivity index is 0.00000300. The lowest BCUT2D eigenvalue weighted by atomic mass is 10.1.